The molecule has 0 amide bonds. The molecule has 0 bridgehead atoms. The third-order valence-electron chi connectivity index (χ3n) is 1.61. The lowest BCUT2D eigenvalue weighted by Gasteiger charge is -2.02. The predicted molar refractivity (Wildman–Crippen MR) is 59.0 cm³/mol. The molecule has 0 aromatic carbocycles. The monoisotopic (exact) mass is 286 g/mol. The van der Waals surface area contributed by atoms with Crippen molar-refractivity contribution < 1.29 is 0 Å². The summed E-state index contributed by atoms with van der Waals surface area (Å²) in [5.41, 5.74) is 0.999. The fraction of sp³-hybridized carbons (Fsp3) is 0. The number of rotatable bonds is 2. The van der Waals surface area contributed by atoms with Crippen molar-refractivity contribution in [2.75, 3.05) is 3.53 Å². The minimum Gasteiger partial charge on any atom is -0.313 e. The summed E-state index contributed by atoms with van der Waals surface area (Å²) < 4.78 is 4.74. The number of anilines is 1. The van der Waals surface area contributed by atoms with E-state index in [4.69, 9.17) is 0 Å². The maximum Gasteiger partial charge on any atom is 0.136 e. The first-order valence-electron chi connectivity index (χ1n) is 3.73. The molecule has 0 fully saturated rings. The minimum atomic E-state index is 0.827. The van der Waals surface area contributed by atoms with Crippen LogP contribution in [0.15, 0.2) is 36.8 Å². The molecule has 2 aromatic rings. The van der Waals surface area contributed by atoms with E-state index in [1.807, 2.05) is 47.3 Å². The van der Waals surface area contributed by atoms with Crippen molar-refractivity contribution >= 4 is 28.7 Å². The zero-order valence-electron chi connectivity index (χ0n) is 6.68. The molecule has 2 heterocycles. The Morgan fingerprint density at radius 3 is 3.00 bits per heavy atom. The lowest BCUT2D eigenvalue weighted by Crippen LogP contribution is -1.95. The Hall–Kier alpha value is -1.11. The Balaban J connectivity index is 2.41. The number of nitrogens with one attached hydrogen (secondary N) is 1. The first-order chi connectivity index (χ1) is 6.40. The molecule has 2 aromatic heterocycles. The summed E-state index contributed by atoms with van der Waals surface area (Å²) in [6.45, 7) is 0. The van der Waals surface area contributed by atoms with Gasteiger partial charge in [0.2, 0.25) is 0 Å². The maximum absolute atomic E-state index is 4.12. The molecular formula is C8H7IN4. The average molecular weight is 286 g/mol. The molecule has 5 heteroatoms. The van der Waals surface area contributed by atoms with Gasteiger partial charge >= 0.3 is 0 Å². The molecule has 0 aliphatic heterocycles. The van der Waals surface area contributed by atoms with Gasteiger partial charge in [-0.05, 0) is 12.1 Å². The fourth-order valence-corrected chi connectivity index (χ4v) is 1.33. The van der Waals surface area contributed by atoms with Crippen LogP contribution >= 0.6 is 22.9 Å². The van der Waals surface area contributed by atoms with E-state index in [1.165, 1.54) is 0 Å². The van der Waals surface area contributed by atoms with Gasteiger partial charge in [0.05, 0.1) is 28.6 Å². The van der Waals surface area contributed by atoms with Crippen LogP contribution in [0.5, 0.6) is 0 Å². The van der Waals surface area contributed by atoms with E-state index in [9.17, 15) is 0 Å². The standard InChI is InChI=1S/C8H7IN4/c9-12-8-6-7(2-4-10-8)13-5-1-3-11-13/h1-6H,(H,10,12). The largest absolute Gasteiger partial charge is 0.313 e. The van der Waals surface area contributed by atoms with Crippen LogP contribution in [0.1, 0.15) is 0 Å². The highest BCUT2D eigenvalue weighted by Crippen LogP contribution is 2.11. The van der Waals surface area contributed by atoms with E-state index in [-0.39, 0.29) is 0 Å². The van der Waals surface area contributed by atoms with Crippen molar-refractivity contribution in [3.05, 3.63) is 36.8 Å². The Kier molecular flexibility index (Phi) is 2.44. The zero-order valence-corrected chi connectivity index (χ0v) is 8.84. The second-order valence-corrected chi connectivity index (χ2v) is 2.98. The molecule has 66 valence electrons. The van der Waals surface area contributed by atoms with Crippen LogP contribution in [0.25, 0.3) is 5.69 Å². The van der Waals surface area contributed by atoms with Gasteiger partial charge in [-0.25, -0.2) is 9.67 Å². The fourth-order valence-electron chi connectivity index (χ4n) is 1.04. The SMILES string of the molecule is INc1cc(-n2cccn2)ccn1. The molecule has 0 spiro atoms. The summed E-state index contributed by atoms with van der Waals surface area (Å²) in [4.78, 5) is 4.11. The number of pyridine rings is 1. The van der Waals surface area contributed by atoms with Crippen molar-refractivity contribution in [2.24, 2.45) is 0 Å². The summed E-state index contributed by atoms with van der Waals surface area (Å²) in [6.07, 6.45) is 5.39. The van der Waals surface area contributed by atoms with Crippen molar-refractivity contribution in [3.63, 3.8) is 0 Å². The molecule has 0 radical (unpaired) electrons. The van der Waals surface area contributed by atoms with Crippen molar-refractivity contribution in [1.29, 1.82) is 0 Å². The summed E-state index contributed by atoms with van der Waals surface area (Å²) in [7, 11) is 0. The highest BCUT2D eigenvalue weighted by molar-refractivity contribution is 14.1. The summed E-state index contributed by atoms with van der Waals surface area (Å²) >= 11 is 2.05. The maximum atomic E-state index is 4.12. The number of hydrogen-bond acceptors (Lipinski definition) is 3. The predicted octanol–water partition coefficient (Wildman–Crippen LogP) is 2.03. The molecule has 0 unspecified atom stereocenters. The number of nitrogens with zero attached hydrogens (tertiary/aromatic N) is 3. The molecule has 0 aliphatic rings. The Bertz CT molecular complexity index is 385. The summed E-state index contributed by atoms with van der Waals surface area (Å²) in [6, 6.07) is 5.72. The second-order valence-electron chi connectivity index (χ2n) is 2.44. The average Bonchev–Trinajstić information content (AvgIpc) is 2.71. The first-order valence-corrected chi connectivity index (χ1v) is 4.81. The summed E-state index contributed by atoms with van der Waals surface area (Å²) in [5, 5.41) is 4.12. The topological polar surface area (TPSA) is 42.7 Å². The van der Waals surface area contributed by atoms with Crippen LogP contribution in [0.2, 0.25) is 0 Å². The van der Waals surface area contributed by atoms with E-state index < -0.39 is 0 Å². The molecule has 0 saturated carbocycles. The van der Waals surface area contributed by atoms with Crippen molar-refractivity contribution in [1.82, 2.24) is 14.8 Å². The van der Waals surface area contributed by atoms with E-state index in [0.29, 0.717) is 0 Å². The molecular weight excluding hydrogens is 279 g/mol. The van der Waals surface area contributed by atoms with Gasteiger partial charge in [-0.15, -0.1) is 0 Å². The normalized spacial score (nSPS) is 9.92. The van der Waals surface area contributed by atoms with Crippen LogP contribution < -0.4 is 3.53 Å². The van der Waals surface area contributed by atoms with Crippen LogP contribution in [-0.2, 0) is 0 Å². The minimum absolute atomic E-state index is 0.827. The number of halogens is 1. The molecule has 0 aliphatic carbocycles. The molecule has 2 rings (SSSR count). The van der Waals surface area contributed by atoms with Gasteiger partial charge in [-0.2, -0.15) is 5.10 Å². The smallest absolute Gasteiger partial charge is 0.136 e. The molecule has 13 heavy (non-hydrogen) atoms. The quantitative estimate of drug-likeness (QED) is 0.678. The van der Waals surface area contributed by atoms with E-state index in [0.717, 1.165) is 11.5 Å². The number of aromatic nitrogens is 3. The highest BCUT2D eigenvalue weighted by atomic mass is 127. The van der Waals surface area contributed by atoms with Gasteiger partial charge in [0.15, 0.2) is 0 Å². The van der Waals surface area contributed by atoms with Gasteiger partial charge in [0.25, 0.3) is 0 Å². The van der Waals surface area contributed by atoms with E-state index in [2.05, 4.69) is 13.6 Å². The second kappa shape index (κ2) is 3.73. The molecule has 1 N–H and O–H groups in total. The Morgan fingerprint density at radius 1 is 1.38 bits per heavy atom. The van der Waals surface area contributed by atoms with E-state index >= 15 is 0 Å². The van der Waals surface area contributed by atoms with Gasteiger partial charge < -0.3 is 3.53 Å². The number of hydrogen-bond donors (Lipinski definition) is 1. The third-order valence-corrected chi connectivity index (χ3v) is 2.16. The van der Waals surface area contributed by atoms with Crippen LogP contribution in [0.4, 0.5) is 5.82 Å². The lowest BCUT2D eigenvalue weighted by molar-refractivity contribution is 0.878. The highest BCUT2D eigenvalue weighted by Gasteiger charge is 1.97. The van der Waals surface area contributed by atoms with Crippen LogP contribution in [0, 0.1) is 0 Å². The molecule has 0 atom stereocenters. The van der Waals surface area contributed by atoms with Gasteiger partial charge in [0, 0.05) is 24.7 Å². The van der Waals surface area contributed by atoms with Crippen LogP contribution in [-0.4, -0.2) is 14.8 Å². The van der Waals surface area contributed by atoms with Crippen molar-refractivity contribution in [2.45, 2.75) is 0 Å². The van der Waals surface area contributed by atoms with Crippen molar-refractivity contribution in [3.8, 4) is 5.69 Å². The van der Waals surface area contributed by atoms with Gasteiger partial charge in [-0.3, -0.25) is 0 Å². The zero-order chi connectivity index (χ0) is 9.10. The summed E-state index contributed by atoms with van der Waals surface area (Å²) in [5.74, 6) is 0.827. The third kappa shape index (κ3) is 1.80. The Labute approximate surface area is 89.5 Å². The van der Waals surface area contributed by atoms with Crippen LogP contribution in [0.3, 0.4) is 0 Å². The van der Waals surface area contributed by atoms with Gasteiger partial charge in [0.1, 0.15) is 5.82 Å². The Morgan fingerprint density at radius 2 is 2.31 bits per heavy atom. The first kappa shape index (κ1) is 8.49. The molecule has 4 nitrogen and oxygen atoms in total. The van der Waals surface area contributed by atoms with Gasteiger partial charge in [-0.1, -0.05) is 0 Å². The molecule has 0 saturated heterocycles. The lowest BCUT2D eigenvalue weighted by atomic mass is 10.4. The van der Waals surface area contributed by atoms with E-state index in [1.54, 1.807) is 17.1 Å².